The zero-order chi connectivity index (χ0) is 23.7. The van der Waals surface area contributed by atoms with Crippen LogP contribution in [0.15, 0.2) is 0 Å². The molecule has 0 aromatic carbocycles. The quantitative estimate of drug-likeness (QED) is 0.457. The van der Waals surface area contributed by atoms with Crippen molar-refractivity contribution in [2.24, 2.45) is 45.3 Å². The van der Waals surface area contributed by atoms with Gasteiger partial charge in [-0.2, -0.15) is 0 Å². The first kappa shape index (κ1) is 24.9. The second-order valence-electron chi connectivity index (χ2n) is 13.9. The van der Waals surface area contributed by atoms with Gasteiger partial charge in [0.15, 0.2) is 0 Å². The Morgan fingerprint density at radius 1 is 0.906 bits per heavy atom. The molecular formula is C28H51NO3. The van der Waals surface area contributed by atoms with E-state index in [0.717, 1.165) is 51.5 Å². The topological polar surface area (TPSA) is 72.7 Å². The average Bonchev–Trinajstić information content (AvgIpc) is 3.08. The summed E-state index contributed by atoms with van der Waals surface area (Å²) in [6.07, 6.45) is 8.51. The molecule has 0 unspecified atom stereocenters. The number of hydrogen-bond acceptors (Lipinski definition) is 4. The van der Waals surface area contributed by atoms with E-state index in [4.69, 9.17) is 0 Å². The Morgan fingerprint density at radius 2 is 1.56 bits per heavy atom. The van der Waals surface area contributed by atoms with Crippen LogP contribution < -0.4 is 5.32 Å². The molecule has 0 amide bonds. The van der Waals surface area contributed by atoms with Crippen molar-refractivity contribution in [2.45, 2.75) is 117 Å². The molecule has 4 aliphatic rings. The molecular weight excluding hydrogens is 398 g/mol. The number of aliphatic hydroxyl groups excluding tert-OH is 2. The summed E-state index contributed by atoms with van der Waals surface area (Å²) in [5.74, 6) is 1.33. The molecule has 0 spiro atoms. The third kappa shape index (κ3) is 3.29. The smallest absolute Gasteiger partial charge is 0.0652 e. The lowest BCUT2D eigenvalue weighted by Gasteiger charge is -2.70. The van der Waals surface area contributed by atoms with E-state index in [1.807, 2.05) is 14.0 Å². The molecule has 32 heavy (non-hydrogen) atoms. The van der Waals surface area contributed by atoms with Crippen LogP contribution in [-0.4, -0.2) is 46.7 Å². The highest BCUT2D eigenvalue weighted by atomic mass is 16.3. The SMILES string of the molecule is CNCCC[C@](C)(O)[C@H]1CC[C@]2(C)[C@@H]1[C@H](O)C[C@@H]1[C@@]3(C)CC[C@H](O)C(C)(C)[C@@H]3CC[C@]12C. The Labute approximate surface area is 197 Å². The van der Waals surface area contributed by atoms with E-state index in [2.05, 4.69) is 39.9 Å². The summed E-state index contributed by atoms with van der Waals surface area (Å²) in [7, 11) is 1.97. The normalized spacial score (nSPS) is 51.9. The molecule has 0 aromatic rings. The maximum Gasteiger partial charge on any atom is 0.0652 e. The largest absolute Gasteiger partial charge is 0.393 e. The molecule has 0 saturated heterocycles. The van der Waals surface area contributed by atoms with Gasteiger partial charge in [0.05, 0.1) is 17.8 Å². The first-order valence-electron chi connectivity index (χ1n) is 13.5. The minimum atomic E-state index is -0.721. The van der Waals surface area contributed by atoms with Crippen LogP contribution in [0, 0.1) is 45.3 Å². The summed E-state index contributed by atoms with van der Waals surface area (Å²) in [6, 6.07) is 0. The molecule has 0 aliphatic heterocycles. The Hall–Kier alpha value is -0.160. The Morgan fingerprint density at radius 3 is 2.22 bits per heavy atom. The van der Waals surface area contributed by atoms with E-state index < -0.39 is 5.60 Å². The van der Waals surface area contributed by atoms with Gasteiger partial charge in [-0.3, -0.25) is 0 Å². The fourth-order valence-corrected chi connectivity index (χ4v) is 10.3. The van der Waals surface area contributed by atoms with Crippen molar-refractivity contribution in [1.82, 2.24) is 5.32 Å². The summed E-state index contributed by atoms with van der Waals surface area (Å²) in [5, 5.41) is 37.3. The molecule has 186 valence electrons. The predicted molar refractivity (Wildman–Crippen MR) is 130 cm³/mol. The van der Waals surface area contributed by atoms with E-state index >= 15 is 0 Å². The van der Waals surface area contributed by atoms with Crippen LogP contribution in [0.5, 0.6) is 0 Å². The summed E-state index contributed by atoms with van der Waals surface area (Å²) in [6.45, 7) is 15.0. The number of hydrogen-bond donors (Lipinski definition) is 4. The fourth-order valence-electron chi connectivity index (χ4n) is 10.3. The molecule has 10 atom stereocenters. The van der Waals surface area contributed by atoms with Gasteiger partial charge in [-0.1, -0.05) is 34.6 Å². The van der Waals surface area contributed by atoms with Crippen LogP contribution in [-0.2, 0) is 0 Å². The lowest BCUT2D eigenvalue weighted by Crippen LogP contribution is -2.66. The molecule has 4 saturated carbocycles. The van der Waals surface area contributed by atoms with Crippen molar-refractivity contribution >= 4 is 0 Å². The lowest BCUT2D eigenvalue weighted by atomic mass is 9.35. The number of aliphatic hydroxyl groups is 3. The molecule has 0 bridgehead atoms. The molecule has 4 heteroatoms. The Balaban J connectivity index is 1.67. The molecule has 0 heterocycles. The van der Waals surface area contributed by atoms with Crippen LogP contribution in [0.1, 0.15) is 99.3 Å². The highest BCUT2D eigenvalue weighted by molar-refractivity contribution is 5.19. The summed E-state index contributed by atoms with van der Waals surface area (Å²) in [5.41, 5.74) is -0.386. The lowest BCUT2D eigenvalue weighted by molar-refractivity contribution is -0.246. The molecule has 4 N–H and O–H groups in total. The monoisotopic (exact) mass is 449 g/mol. The molecule has 4 nitrogen and oxygen atoms in total. The Bertz CT molecular complexity index is 707. The fraction of sp³-hybridized carbons (Fsp3) is 1.00. The molecule has 0 radical (unpaired) electrons. The Kier molecular flexibility index (Phi) is 6.18. The highest BCUT2D eigenvalue weighted by Crippen LogP contribution is 2.75. The third-order valence-corrected chi connectivity index (χ3v) is 12.3. The van der Waals surface area contributed by atoms with Gasteiger partial charge < -0.3 is 20.6 Å². The van der Waals surface area contributed by atoms with Crippen LogP contribution in [0.25, 0.3) is 0 Å². The maximum atomic E-state index is 11.7. The van der Waals surface area contributed by atoms with Gasteiger partial charge in [0.2, 0.25) is 0 Å². The maximum absolute atomic E-state index is 11.7. The second-order valence-corrected chi connectivity index (χ2v) is 13.9. The van der Waals surface area contributed by atoms with Gasteiger partial charge in [0, 0.05) is 0 Å². The van der Waals surface area contributed by atoms with E-state index in [9.17, 15) is 15.3 Å². The van der Waals surface area contributed by atoms with E-state index in [1.54, 1.807) is 0 Å². The highest BCUT2D eigenvalue weighted by Gasteiger charge is 2.71. The van der Waals surface area contributed by atoms with Crippen molar-refractivity contribution in [3.63, 3.8) is 0 Å². The van der Waals surface area contributed by atoms with Gasteiger partial charge in [-0.15, -0.1) is 0 Å². The van der Waals surface area contributed by atoms with E-state index in [1.165, 1.54) is 12.8 Å². The number of rotatable bonds is 5. The van der Waals surface area contributed by atoms with Gasteiger partial charge in [-0.25, -0.2) is 0 Å². The molecule has 4 aliphatic carbocycles. The second kappa shape index (κ2) is 7.93. The van der Waals surface area contributed by atoms with Crippen molar-refractivity contribution in [3.8, 4) is 0 Å². The van der Waals surface area contributed by atoms with Crippen molar-refractivity contribution < 1.29 is 15.3 Å². The van der Waals surface area contributed by atoms with Crippen molar-refractivity contribution in [2.75, 3.05) is 13.6 Å². The standard InChI is InChI=1S/C28H51NO3/c1-24(2)20-10-15-26(4)21(25(20,3)13-11-22(24)31)17-19(30)23-18(9-14-27(23,26)5)28(6,32)12-8-16-29-7/h18-23,29-32H,8-17H2,1-7H3/t18-,19+,20-,21+,22-,23-,25-,26+,27+,28-/m0/s1. The summed E-state index contributed by atoms with van der Waals surface area (Å²) in [4.78, 5) is 0. The minimum absolute atomic E-state index is 0.0567. The summed E-state index contributed by atoms with van der Waals surface area (Å²) >= 11 is 0. The zero-order valence-electron chi connectivity index (χ0n) is 21.9. The number of fused-ring (bicyclic) bond motifs is 5. The minimum Gasteiger partial charge on any atom is -0.393 e. The third-order valence-electron chi connectivity index (χ3n) is 12.3. The average molecular weight is 450 g/mol. The van der Waals surface area contributed by atoms with Crippen LogP contribution >= 0.6 is 0 Å². The van der Waals surface area contributed by atoms with Gasteiger partial charge in [0.1, 0.15) is 0 Å². The molecule has 0 aromatic heterocycles. The summed E-state index contributed by atoms with van der Waals surface area (Å²) < 4.78 is 0. The number of nitrogens with one attached hydrogen (secondary N) is 1. The van der Waals surface area contributed by atoms with Crippen LogP contribution in [0.3, 0.4) is 0 Å². The molecule has 4 rings (SSSR count). The van der Waals surface area contributed by atoms with Crippen LogP contribution in [0.4, 0.5) is 0 Å². The van der Waals surface area contributed by atoms with Gasteiger partial charge >= 0.3 is 0 Å². The van der Waals surface area contributed by atoms with Gasteiger partial charge in [0.25, 0.3) is 0 Å². The van der Waals surface area contributed by atoms with Crippen molar-refractivity contribution in [3.05, 3.63) is 0 Å². The predicted octanol–water partition coefficient (Wildman–Crippen LogP) is 4.75. The first-order chi connectivity index (χ1) is 14.8. The zero-order valence-corrected chi connectivity index (χ0v) is 21.9. The first-order valence-corrected chi connectivity index (χ1v) is 13.5. The van der Waals surface area contributed by atoms with Crippen molar-refractivity contribution in [1.29, 1.82) is 0 Å². The molecule has 4 fully saturated rings. The van der Waals surface area contributed by atoms with Gasteiger partial charge in [-0.05, 0) is 124 Å². The van der Waals surface area contributed by atoms with Crippen LogP contribution in [0.2, 0.25) is 0 Å². The van der Waals surface area contributed by atoms with E-state index in [0.29, 0.717) is 11.8 Å². The van der Waals surface area contributed by atoms with E-state index in [-0.39, 0.29) is 45.7 Å².